The number of rotatable bonds is 2. The first-order valence-corrected chi connectivity index (χ1v) is 5.20. The number of thiophene rings is 1. The van der Waals surface area contributed by atoms with Crippen LogP contribution in [0.2, 0.25) is 0 Å². The van der Waals surface area contributed by atoms with Gasteiger partial charge < -0.3 is 5.73 Å². The van der Waals surface area contributed by atoms with E-state index in [-0.39, 0.29) is 5.56 Å². The summed E-state index contributed by atoms with van der Waals surface area (Å²) in [7, 11) is 0. The molecule has 3 N–H and O–H groups in total. The van der Waals surface area contributed by atoms with Crippen LogP contribution < -0.4 is 5.73 Å². The van der Waals surface area contributed by atoms with E-state index in [4.69, 9.17) is 5.73 Å². The largest absolute Gasteiger partial charge is 0.382 e. The van der Waals surface area contributed by atoms with Gasteiger partial charge in [0, 0.05) is 27.5 Å². The van der Waals surface area contributed by atoms with Crippen molar-refractivity contribution >= 4 is 17.2 Å². The molecule has 6 heteroatoms. The lowest BCUT2D eigenvalue weighted by atomic mass is 10.1. The molecule has 0 aliphatic heterocycles. The molecule has 0 radical (unpaired) electrons. The Morgan fingerprint density at radius 2 is 2.20 bits per heavy atom. The van der Waals surface area contributed by atoms with Gasteiger partial charge in [-0.2, -0.15) is 16.4 Å². The van der Waals surface area contributed by atoms with E-state index in [1.807, 2.05) is 0 Å². The van der Waals surface area contributed by atoms with Gasteiger partial charge in [-0.15, -0.1) is 0 Å². The third-order valence-corrected chi connectivity index (χ3v) is 3.01. The van der Waals surface area contributed by atoms with E-state index in [1.165, 1.54) is 16.7 Å². The molecule has 3 nitrogen and oxygen atoms in total. The van der Waals surface area contributed by atoms with Crippen molar-refractivity contribution in [2.24, 2.45) is 0 Å². The fourth-order valence-corrected chi connectivity index (χ4v) is 2.19. The number of aromatic nitrogens is 2. The summed E-state index contributed by atoms with van der Waals surface area (Å²) in [6.07, 6.45) is -2.48. The van der Waals surface area contributed by atoms with Crippen LogP contribution in [0, 0.1) is 6.92 Å². The van der Waals surface area contributed by atoms with Crippen molar-refractivity contribution in [3.05, 3.63) is 21.9 Å². The Kier molecular flexibility index (Phi) is 2.44. The van der Waals surface area contributed by atoms with Gasteiger partial charge in [0.1, 0.15) is 5.82 Å². The number of nitrogen functional groups attached to an aromatic ring is 1. The second kappa shape index (κ2) is 3.62. The fourth-order valence-electron chi connectivity index (χ4n) is 1.35. The molecule has 2 aromatic rings. The number of halogens is 2. The molecule has 0 saturated carbocycles. The minimum atomic E-state index is -2.48. The molecule has 15 heavy (non-hydrogen) atoms. The number of nitrogens with two attached hydrogens (primary N) is 1. The third-order valence-electron chi connectivity index (χ3n) is 2.24. The van der Waals surface area contributed by atoms with Crippen molar-refractivity contribution in [3.8, 4) is 11.3 Å². The van der Waals surface area contributed by atoms with E-state index in [0.29, 0.717) is 22.6 Å². The van der Waals surface area contributed by atoms with E-state index in [9.17, 15) is 8.78 Å². The number of H-pyrrole nitrogens is 1. The number of hydrogen-bond donors (Lipinski definition) is 2. The summed E-state index contributed by atoms with van der Waals surface area (Å²) in [5, 5.41) is 9.56. The van der Waals surface area contributed by atoms with Crippen LogP contribution in [0.4, 0.5) is 14.6 Å². The molecule has 0 saturated heterocycles. The Hall–Kier alpha value is -1.43. The minimum absolute atomic E-state index is 0.0201. The Morgan fingerprint density at radius 3 is 2.73 bits per heavy atom. The van der Waals surface area contributed by atoms with E-state index < -0.39 is 6.43 Å². The number of aromatic amines is 1. The van der Waals surface area contributed by atoms with Crippen LogP contribution in [0.5, 0.6) is 0 Å². The van der Waals surface area contributed by atoms with Gasteiger partial charge in [0.2, 0.25) is 0 Å². The van der Waals surface area contributed by atoms with Gasteiger partial charge in [0.25, 0.3) is 6.43 Å². The highest BCUT2D eigenvalue weighted by Gasteiger charge is 2.18. The average molecular weight is 229 g/mol. The lowest BCUT2D eigenvalue weighted by molar-refractivity contribution is 0.152. The normalized spacial score (nSPS) is 11.2. The van der Waals surface area contributed by atoms with Crippen molar-refractivity contribution in [1.29, 1.82) is 0 Å². The standard InChI is InChI=1S/C9H9F2N3S/c1-4-7(13-14-9(4)12)5-2-15-3-6(5)8(10)11/h2-3,8H,1H3,(H3,12,13,14). The summed E-state index contributed by atoms with van der Waals surface area (Å²) < 4.78 is 25.3. The topological polar surface area (TPSA) is 54.7 Å². The zero-order valence-corrected chi connectivity index (χ0v) is 8.74. The first-order valence-electron chi connectivity index (χ1n) is 4.26. The Bertz CT molecular complexity index is 475. The zero-order valence-electron chi connectivity index (χ0n) is 7.92. The highest BCUT2D eigenvalue weighted by molar-refractivity contribution is 7.08. The molecule has 0 aliphatic carbocycles. The van der Waals surface area contributed by atoms with E-state index in [2.05, 4.69) is 10.2 Å². The predicted octanol–water partition coefficient (Wildman–Crippen LogP) is 2.97. The summed E-state index contributed by atoms with van der Waals surface area (Å²) in [6.45, 7) is 1.75. The lowest BCUT2D eigenvalue weighted by Gasteiger charge is -2.01. The summed E-state index contributed by atoms with van der Waals surface area (Å²) in [4.78, 5) is 0. The van der Waals surface area contributed by atoms with Gasteiger partial charge in [-0.05, 0) is 6.92 Å². The highest BCUT2D eigenvalue weighted by Crippen LogP contribution is 2.35. The molecule has 0 atom stereocenters. The summed E-state index contributed by atoms with van der Waals surface area (Å²) in [6, 6.07) is 0. The van der Waals surface area contributed by atoms with Crippen LogP contribution in [0.3, 0.4) is 0 Å². The van der Waals surface area contributed by atoms with Crippen LogP contribution in [0.25, 0.3) is 11.3 Å². The van der Waals surface area contributed by atoms with Gasteiger partial charge in [-0.3, -0.25) is 5.10 Å². The van der Waals surface area contributed by atoms with Gasteiger partial charge in [0.15, 0.2) is 0 Å². The fraction of sp³-hybridized carbons (Fsp3) is 0.222. The van der Waals surface area contributed by atoms with Crippen molar-refractivity contribution in [3.63, 3.8) is 0 Å². The molecule has 0 amide bonds. The molecule has 2 rings (SSSR count). The minimum Gasteiger partial charge on any atom is -0.382 e. The monoisotopic (exact) mass is 229 g/mol. The molecule has 80 valence electrons. The number of hydrogen-bond acceptors (Lipinski definition) is 3. The van der Waals surface area contributed by atoms with E-state index >= 15 is 0 Å². The van der Waals surface area contributed by atoms with Gasteiger partial charge in [0.05, 0.1) is 5.69 Å². The van der Waals surface area contributed by atoms with E-state index in [1.54, 1.807) is 12.3 Å². The molecule has 0 fully saturated rings. The van der Waals surface area contributed by atoms with Crippen molar-refractivity contribution in [1.82, 2.24) is 10.2 Å². The Morgan fingerprint density at radius 1 is 1.47 bits per heavy atom. The summed E-state index contributed by atoms with van der Waals surface area (Å²) >= 11 is 1.24. The maximum absolute atomic E-state index is 12.6. The molecular weight excluding hydrogens is 220 g/mol. The summed E-state index contributed by atoms with van der Waals surface area (Å²) in [5.41, 5.74) is 7.33. The third kappa shape index (κ3) is 1.61. The van der Waals surface area contributed by atoms with Crippen LogP contribution in [-0.4, -0.2) is 10.2 Å². The first-order chi connectivity index (χ1) is 7.11. The van der Waals surface area contributed by atoms with E-state index in [0.717, 1.165) is 0 Å². The maximum Gasteiger partial charge on any atom is 0.265 e. The SMILES string of the molecule is Cc1c(N)n[nH]c1-c1cscc1C(F)F. The molecule has 2 heterocycles. The molecule has 0 bridgehead atoms. The predicted molar refractivity (Wildman–Crippen MR) is 56.0 cm³/mol. The van der Waals surface area contributed by atoms with Gasteiger partial charge in [-0.25, -0.2) is 8.78 Å². The van der Waals surface area contributed by atoms with Gasteiger partial charge >= 0.3 is 0 Å². The highest BCUT2D eigenvalue weighted by atomic mass is 32.1. The van der Waals surface area contributed by atoms with Crippen LogP contribution in [-0.2, 0) is 0 Å². The molecule has 0 unspecified atom stereocenters. The number of nitrogens with one attached hydrogen (secondary N) is 1. The first kappa shape index (κ1) is 10.1. The van der Waals surface area contributed by atoms with Crippen molar-refractivity contribution in [2.75, 3.05) is 5.73 Å². The number of nitrogens with zero attached hydrogens (tertiary/aromatic N) is 1. The number of anilines is 1. The molecule has 0 spiro atoms. The van der Waals surface area contributed by atoms with Crippen LogP contribution in [0.1, 0.15) is 17.6 Å². The molecular formula is C9H9F2N3S. The lowest BCUT2D eigenvalue weighted by Crippen LogP contribution is -1.88. The zero-order chi connectivity index (χ0) is 11.0. The van der Waals surface area contributed by atoms with Crippen molar-refractivity contribution < 1.29 is 8.78 Å². The molecule has 2 aromatic heterocycles. The maximum atomic E-state index is 12.6. The van der Waals surface area contributed by atoms with Crippen LogP contribution >= 0.6 is 11.3 Å². The summed E-state index contributed by atoms with van der Waals surface area (Å²) in [5.74, 6) is 0.344. The second-order valence-electron chi connectivity index (χ2n) is 3.15. The van der Waals surface area contributed by atoms with Gasteiger partial charge in [-0.1, -0.05) is 0 Å². The average Bonchev–Trinajstić information content (AvgIpc) is 2.75. The second-order valence-corrected chi connectivity index (χ2v) is 3.89. The molecule has 0 aliphatic rings. The molecule has 0 aromatic carbocycles. The Labute approximate surface area is 88.9 Å². The quantitative estimate of drug-likeness (QED) is 0.831. The smallest absolute Gasteiger partial charge is 0.265 e. The van der Waals surface area contributed by atoms with Crippen molar-refractivity contribution in [2.45, 2.75) is 13.3 Å². The van der Waals surface area contributed by atoms with Crippen LogP contribution in [0.15, 0.2) is 10.8 Å². The number of alkyl halides is 2. The Balaban J connectivity index is 2.54.